The maximum absolute atomic E-state index is 11.7. The predicted molar refractivity (Wildman–Crippen MR) is 103 cm³/mol. The molecular formula is C20H22N2O3S. The number of hydrogen-bond acceptors (Lipinski definition) is 5. The molecule has 1 aromatic carbocycles. The van der Waals surface area contributed by atoms with Gasteiger partial charge in [0.15, 0.2) is 11.2 Å². The minimum Gasteiger partial charge on any atom is -0.466 e. The number of carbonyl (C=O) groups is 2. The molecule has 0 N–H and O–H groups in total. The smallest absolute Gasteiger partial charge is 0.311 e. The predicted octanol–water partition coefficient (Wildman–Crippen LogP) is 4.18. The summed E-state index contributed by atoms with van der Waals surface area (Å²) in [4.78, 5) is 29.5. The van der Waals surface area contributed by atoms with Crippen LogP contribution in [0, 0.1) is 5.92 Å². The van der Waals surface area contributed by atoms with Crippen molar-refractivity contribution in [1.82, 2.24) is 9.38 Å². The molecule has 0 aliphatic carbocycles. The van der Waals surface area contributed by atoms with Crippen molar-refractivity contribution in [3.05, 3.63) is 46.6 Å². The topological polar surface area (TPSA) is 60.7 Å². The van der Waals surface area contributed by atoms with Crippen LogP contribution < -0.4 is 0 Å². The van der Waals surface area contributed by atoms with E-state index < -0.39 is 0 Å². The molecule has 2 aromatic heterocycles. The molecule has 0 saturated heterocycles. The van der Waals surface area contributed by atoms with Gasteiger partial charge in [-0.05, 0) is 24.8 Å². The lowest BCUT2D eigenvalue weighted by molar-refractivity contribution is -0.142. The largest absolute Gasteiger partial charge is 0.466 e. The number of carbonyl (C=O) groups excluding carboxylic acids is 2. The number of aldehydes is 1. The SMILES string of the molecule is CCOC(=O)Cc1cn2c(C=O)c(-c3ccc(CC(C)C)cc3)nc2s1. The second kappa shape index (κ2) is 7.83. The number of benzene rings is 1. The highest BCUT2D eigenvalue weighted by Gasteiger charge is 2.17. The standard InChI is InChI=1S/C20H22N2O3S/c1-4-25-18(24)10-16-11-22-17(12-23)19(21-20(22)26-16)15-7-5-14(6-8-15)9-13(2)3/h5-8,11-13H,4,9-10H2,1-3H3. The Kier molecular flexibility index (Phi) is 5.52. The van der Waals surface area contributed by atoms with Gasteiger partial charge in [0.05, 0.1) is 13.0 Å². The highest BCUT2D eigenvalue weighted by atomic mass is 32.1. The third-order valence-electron chi connectivity index (χ3n) is 4.02. The summed E-state index contributed by atoms with van der Waals surface area (Å²) in [7, 11) is 0. The average molecular weight is 370 g/mol. The van der Waals surface area contributed by atoms with Crippen LogP contribution in [0.3, 0.4) is 0 Å². The molecular weight excluding hydrogens is 348 g/mol. The monoisotopic (exact) mass is 370 g/mol. The lowest BCUT2D eigenvalue weighted by Gasteiger charge is -2.06. The van der Waals surface area contributed by atoms with Crippen LogP contribution in [-0.4, -0.2) is 28.2 Å². The van der Waals surface area contributed by atoms with Crippen LogP contribution in [0.1, 0.15) is 41.7 Å². The second-order valence-electron chi connectivity index (χ2n) is 6.59. The molecule has 0 aliphatic heterocycles. The van der Waals surface area contributed by atoms with E-state index in [-0.39, 0.29) is 12.4 Å². The van der Waals surface area contributed by atoms with Crippen molar-refractivity contribution in [3.8, 4) is 11.3 Å². The molecule has 0 atom stereocenters. The Labute approximate surface area is 156 Å². The van der Waals surface area contributed by atoms with Crippen LogP contribution in [0.5, 0.6) is 0 Å². The third-order valence-corrected chi connectivity index (χ3v) is 5.00. The van der Waals surface area contributed by atoms with E-state index in [4.69, 9.17) is 4.74 Å². The number of esters is 1. The Balaban J connectivity index is 1.90. The highest BCUT2D eigenvalue weighted by molar-refractivity contribution is 7.17. The number of fused-ring (bicyclic) bond motifs is 1. The zero-order valence-electron chi connectivity index (χ0n) is 15.2. The van der Waals surface area contributed by atoms with E-state index in [2.05, 4.69) is 31.0 Å². The Bertz CT molecular complexity index is 923. The van der Waals surface area contributed by atoms with Crippen molar-refractivity contribution in [2.24, 2.45) is 5.92 Å². The van der Waals surface area contributed by atoms with Crippen molar-refractivity contribution in [1.29, 1.82) is 0 Å². The molecule has 0 aliphatic rings. The van der Waals surface area contributed by atoms with Gasteiger partial charge >= 0.3 is 5.97 Å². The summed E-state index contributed by atoms with van der Waals surface area (Å²) in [5.74, 6) is 0.327. The van der Waals surface area contributed by atoms with Crippen LogP contribution in [0.2, 0.25) is 0 Å². The van der Waals surface area contributed by atoms with Crippen LogP contribution in [0.25, 0.3) is 16.2 Å². The van der Waals surface area contributed by atoms with Crippen LogP contribution >= 0.6 is 11.3 Å². The Hall–Kier alpha value is -2.47. The van der Waals surface area contributed by atoms with Crippen molar-refractivity contribution in [2.75, 3.05) is 6.61 Å². The van der Waals surface area contributed by atoms with Gasteiger partial charge in [-0.25, -0.2) is 4.98 Å². The first-order valence-corrected chi connectivity index (χ1v) is 9.54. The lowest BCUT2D eigenvalue weighted by Crippen LogP contribution is -2.06. The quantitative estimate of drug-likeness (QED) is 0.462. The molecule has 5 nitrogen and oxygen atoms in total. The maximum Gasteiger partial charge on any atom is 0.311 e. The fourth-order valence-electron chi connectivity index (χ4n) is 2.94. The molecule has 0 amide bonds. The van der Waals surface area contributed by atoms with E-state index in [0.717, 1.165) is 23.1 Å². The second-order valence-corrected chi connectivity index (χ2v) is 7.68. The maximum atomic E-state index is 11.7. The lowest BCUT2D eigenvalue weighted by atomic mass is 10.0. The molecule has 6 heteroatoms. The number of nitrogens with zero attached hydrogens (tertiary/aromatic N) is 2. The van der Waals surface area contributed by atoms with Gasteiger partial charge in [-0.15, -0.1) is 11.3 Å². The molecule has 2 heterocycles. The van der Waals surface area contributed by atoms with Gasteiger partial charge in [-0.2, -0.15) is 0 Å². The van der Waals surface area contributed by atoms with Crippen LogP contribution in [0.4, 0.5) is 0 Å². The van der Waals surface area contributed by atoms with Crippen molar-refractivity contribution < 1.29 is 14.3 Å². The van der Waals surface area contributed by atoms with Gasteiger partial charge in [0.1, 0.15) is 11.4 Å². The van der Waals surface area contributed by atoms with Crippen molar-refractivity contribution >= 4 is 28.6 Å². The van der Waals surface area contributed by atoms with Gasteiger partial charge in [0.25, 0.3) is 0 Å². The summed E-state index contributed by atoms with van der Waals surface area (Å²) in [6.07, 6.45) is 3.83. The van der Waals surface area contributed by atoms with Crippen LogP contribution in [0.15, 0.2) is 30.5 Å². The van der Waals surface area contributed by atoms with Gasteiger partial charge in [0, 0.05) is 16.6 Å². The summed E-state index contributed by atoms with van der Waals surface area (Å²) in [6, 6.07) is 8.19. The fraction of sp³-hybridized carbons (Fsp3) is 0.350. The molecule has 0 fully saturated rings. The molecule has 26 heavy (non-hydrogen) atoms. The Morgan fingerprint density at radius 1 is 1.31 bits per heavy atom. The summed E-state index contributed by atoms with van der Waals surface area (Å²) in [6.45, 7) is 6.52. The number of hydrogen-bond donors (Lipinski definition) is 0. The molecule has 0 unspecified atom stereocenters. The molecule has 0 spiro atoms. The van der Waals surface area contributed by atoms with E-state index in [1.807, 2.05) is 12.1 Å². The van der Waals surface area contributed by atoms with E-state index in [1.165, 1.54) is 16.9 Å². The average Bonchev–Trinajstić information content (AvgIpc) is 3.11. The van der Waals surface area contributed by atoms with E-state index in [0.29, 0.717) is 28.9 Å². The third kappa shape index (κ3) is 3.85. The summed E-state index contributed by atoms with van der Waals surface area (Å²) >= 11 is 1.40. The zero-order chi connectivity index (χ0) is 18.7. The normalized spacial score (nSPS) is 11.2. The van der Waals surface area contributed by atoms with Crippen LogP contribution in [-0.2, 0) is 22.4 Å². The Morgan fingerprint density at radius 3 is 2.65 bits per heavy atom. The zero-order valence-corrected chi connectivity index (χ0v) is 16.0. The molecule has 0 saturated carbocycles. The van der Waals surface area contributed by atoms with Crippen molar-refractivity contribution in [2.45, 2.75) is 33.6 Å². The minimum atomic E-state index is -0.273. The summed E-state index contributed by atoms with van der Waals surface area (Å²) < 4.78 is 6.73. The highest BCUT2D eigenvalue weighted by Crippen LogP contribution is 2.28. The summed E-state index contributed by atoms with van der Waals surface area (Å²) in [5, 5.41) is 0. The number of aromatic nitrogens is 2. The number of ether oxygens (including phenoxy) is 1. The molecule has 0 radical (unpaired) electrons. The van der Waals surface area contributed by atoms with E-state index in [9.17, 15) is 9.59 Å². The first-order chi connectivity index (χ1) is 12.5. The Morgan fingerprint density at radius 2 is 2.04 bits per heavy atom. The number of imidazole rings is 1. The van der Waals surface area contributed by atoms with Gasteiger partial charge in [-0.3, -0.25) is 14.0 Å². The first-order valence-electron chi connectivity index (χ1n) is 8.72. The summed E-state index contributed by atoms with van der Waals surface area (Å²) in [5.41, 5.74) is 3.37. The first kappa shape index (κ1) is 18.3. The van der Waals surface area contributed by atoms with E-state index in [1.54, 1.807) is 17.5 Å². The molecule has 3 aromatic rings. The number of rotatable bonds is 7. The fourth-order valence-corrected chi connectivity index (χ4v) is 3.91. The molecule has 3 rings (SSSR count). The minimum absolute atomic E-state index is 0.194. The van der Waals surface area contributed by atoms with E-state index >= 15 is 0 Å². The van der Waals surface area contributed by atoms with Gasteiger partial charge in [0.2, 0.25) is 0 Å². The van der Waals surface area contributed by atoms with Gasteiger partial charge in [-0.1, -0.05) is 38.1 Å². The molecule has 136 valence electrons. The van der Waals surface area contributed by atoms with Gasteiger partial charge < -0.3 is 4.74 Å². The number of thiazole rings is 1. The molecule has 0 bridgehead atoms. The van der Waals surface area contributed by atoms with Crippen molar-refractivity contribution in [3.63, 3.8) is 0 Å².